The van der Waals surface area contributed by atoms with Gasteiger partial charge in [0.25, 0.3) is 0 Å². The van der Waals surface area contributed by atoms with E-state index in [1.54, 1.807) is 0 Å². The van der Waals surface area contributed by atoms with Crippen molar-refractivity contribution in [3.8, 4) is 0 Å². The number of methoxy groups -OCH3 is 1. The van der Waals surface area contributed by atoms with Gasteiger partial charge in [-0.15, -0.1) is 0 Å². The molecule has 0 spiro atoms. The number of rotatable bonds is 7. The summed E-state index contributed by atoms with van der Waals surface area (Å²) in [6, 6.07) is 32.4. The van der Waals surface area contributed by atoms with Gasteiger partial charge in [-0.3, -0.25) is 4.79 Å². The second-order valence-corrected chi connectivity index (χ2v) is 8.25. The molecule has 0 radical (unpaired) electrons. The minimum Gasteiger partial charge on any atom is -0.467 e. The Balaban J connectivity index is 1.70. The molecule has 0 fully saturated rings. The Morgan fingerprint density at radius 3 is 1.94 bits per heavy atom. The molecular formula is C29H27NO3. The molecule has 0 saturated carbocycles. The number of hydrogen-bond donors (Lipinski definition) is 1. The normalized spacial score (nSPS) is 12.2. The molecule has 0 saturated heterocycles. The average molecular weight is 438 g/mol. The Morgan fingerprint density at radius 2 is 1.33 bits per heavy atom. The monoisotopic (exact) mass is 437 g/mol. The van der Waals surface area contributed by atoms with Crippen LogP contribution in [0.1, 0.15) is 23.6 Å². The summed E-state index contributed by atoms with van der Waals surface area (Å²) in [5, 5.41) is 5.14. The molecule has 4 aromatic rings. The van der Waals surface area contributed by atoms with E-state index in [2.05, 4.69) is 5.32 Å². The van der Waals surface area contributed by atoms with Gasteiger partial charge in [-0.2, -0.15) is 0 Å². The summed E-state index contributed by atoms with van der Waals surface area (Å²) in [5.41, 5.74) is 1.70. The van der Waals surface area contributed by atoms with Crippen LogP contribution < -0.4 is 5.32 Å². The first-order chi connectivity index (χ1) is 16.0. The summed E-state index contributed by atoms with van der Waals surface area (Å²) in [4.78, 5) is 26.6. The van der Waals surface area contributed by atoms with Crippen LogP contribution in [0, 0.1) is 0 Å². The number of benzene rings is 4. The van der Waals surface area contributed by atoms with Crippen LogP contribution in [0.4, 0.5) is 0 Å². The second kappa shape index (κ2) is 9.70. The molecule has 0 aliphatic carbocycles. The standard InChI is InChI=1S/C29H27NO3/c1-29(23-15-5-3-6-16-23,24-17-7-4-8-18-24)28(32)30-26(27(31)33-2)20-22-14-11-13-21-12-9-10-19-25(21)22/h3-19,26H,20H2,1-2H3,(H,30,32)/t26-/m1/s1. The zero-order chi connectivity index (χ0) is 23.3. The van der Waals surface area contributed by atoms with Gasteiger partial charge in [-0.25, -0.2) is 4.79 Å². The van der Waals surface area contributed by atoms with Crippen LogP contribution in [0.5, 0.6) is 0 Å². The van der Waals surface area contributed by atoms with Crippen molar-refractivity contribution in [1.82, 2.24) is 5.32 Å². The molecule has 4 nitrogen and oxygen atoms in total. The lowest BCUT2D eigenvalue weighted by Crippen LogP contribution is -2.51. The van der Waals surface area contributed by atoms with Crippen molar-refractivity contribution in [2.45, 2.75) is 24.8 Å². The van der Waals surface area contributed by atoms with E-state index >= 15 is 0 Å². The molecule has 166 valence electrons. The van der Waals surface area contributed by atoms with E-state index in [1.165, 1.54) is 7.11 Å². The average Bonchev–Trinajstić information content (AvgIpc) is 2.88. The summed E-state index contributed by atoms with van der Waals surface area (Å²) < 4.78 is 5.07. The minimum absolute atomic E-state index is 0.254. The van der Waals surface area contributed by atoms with Crippen LogP contribution in [-0.2, 0) is 26.2 Å². The summed E-state index contributed by atoms with van der Waals surface area (Å²) in [5.74, 6) is -0.727. The van der Waals surface area contributed by atoms with Gasteiger partial charge in [0.1, 0.15) is 6.04 Å². The number of hydrogen-bond acceptors (Lipinski definition) is 3. The lowest BCUT2D eigenvalue weighted by molar-refractivity contribution is -0.145. The van der Waals surface area contributed by atoms with Gasteiger partial charge < -0.3 is 10.1 Å². The lowest BCUT2D eigenvalue weighted by Gasteiger charge is -2.31. The van der Waals surface area contributed by atoms with Crippen LogP contribution in [0.25, 0.3) is 10.8 Å². The highest BCUT2D eigenvalue weighted by molar-refractivity contribution is 5.95. The lowest BCUT2D eigenvalue weighted by atomic mass is 9.75. The first-order valence-electron chi connectivity index (χ1n) is 11.0. The van der Waals surface area contributed by atoms with Gasteiger partial charge in [0.15, 0.2) is 0 Å². The zero-order valence-corrected chi connectivity index (χ0v) is 18.8. The number of nitrogens with one attached hydrogen (secondary N) is 1. The van der Waals surface area contributed by atoms with E-state index in [-0.39, 0.29) is 5.91 Å². The van der Waals surface area contributed by atoms with Gasteiger partial charge >= 0.3 is 5.97 Å². The largest absolute Gasteiger partial charge is 0.467 e. The molecule has 0 heterocycles. The third-order valence-corrected chi connectivity index (χ3v) is 6.25. The second-order valence-electron chi connectivity index (χ2n) is 8.25. The van der Waals surface area contributed by atoms with Crippen LogP contribution >= 0.6 is 0 Å². The molecule has 0 bridgehead atoms. The van der Waals surface area contributed by atoms with Crippen LogP contribution in [0.2, 0.25) is 0 Å². The predicted molar refractivity (Wildman–Crippen MR) is 131 cm³/mol. The highest BCUT2D eigenvalue weighted by atomic mass is 16.5. The fourth-order valence-corrected chi connectivity index (χ4v) is 4.30. The van der Waals surface area contributed by atoms with Crippen molar-refractivity contribution in [3.63, 3.8) is 0 Å². The van der Waals surface area contributed by atoms with Gasteiger partial charge in [0, 0.05) is 6.42 Å². The zero-order valence-electron chi connectivity index (χ0n) is 18.8. The van der Waals surface area contributed by atoms with Crippen molar-refractivity contribution in [3.05, 3.63) is 120 Å². The maximum atomic E-state index is 13.8. The van der Waals surface area contributed by atoms with E-state index in [1.807, 2.05) is 110 Å². The highest BCUT2D eigenvalue weighted by Gasteiger charge is 2.39. The van der Waals surface area contributed by atoms with Crippen molar-refractivity contribution in [2.75, 3.05) is 7.11 Å². The molecule has 1 atom stereocenters. The van der Waals surface area contributed by atoms with Gasteiger partial charge in [0.05, 0.1) is 12.5 Å². The molecule has 0 aromatic heterocycles. The minimum atomic E-state index is -0.979. The Hall–Kier alpha value is -3.92. The summed E-state index contributed by atoms with van der Waals surface area (Å²) in [6.45, 7) is 1.89. The van der Waals surface area contributed by atoms with Gasteiger partial charge in [-0.1, -0.05) is 103 Å². The number of carbonyl (C=O) groups excluding carboxylic acids is 2. The Morgan fingerprint density at radius 1 is 0.788 bits per heavy atom. The summed E-state index contributed by atoms with van der Waals surface area (Å²) >= 11 is 0. The maximum Gasteiger partial charge on any atom is 0.328 e. The Kier molecular flexibility index (Phi) is 6.55. The van der Waals surface area contributed by atoms with E-state index in [9.17, 15) is 9.59 Å². The molecule has 1 N–H and O–H groups in total. The highest BCUT2D eigenvalue weighted by Crippen LogP contribution is 2.32. The van der Waals surface area contributed by atoms with E-state index < -0.39 is 17.4 Å². The van der Waals surface area contributed by atoms with E-state index in [4.69, 9.17) is 4.74 Å². The van der Waals surface area contributed by atoms with Crippen molar-refractivity contribution >= 4 is 22.6 Å². The summed E-state index contributed by atoms with van der Waals surface area (Å²) in [6.07, 6.45) is 0.333. The third-order valence-electron chi connectivity index (χ3n) is 6.25. The van der Waals surface area contributed by atoms with Crippen molar-refractivity contribution in [2.24, 2.45) is 0 Å². The Bertz CT molecular complexity index is 1210. The van der Waals surface area contributed by atoms with E-state index in [0.29, 0.717) is 6.42 Å². The fraction of sp³-hybridized carbons (Fsp3) is 0.172. The molecule has 0 aliphatic rings. The molecule has 0 aliphatic heterocycles. The third kappa shape index (κ3) is 4.51. The number of fused-ring (bicyclic) bond motifs is 1. The molecule has 1 amide bonds. The molecule has 0 unspecified atom stereocenters. The van der Waals surface area contributed by atoms with Crippen molar-refractivity contribution < 1.29 is 14.3 Å². The SMILES string of the molecule is COC(=O)[C@@H](Cc1cccc2ccccc12)NC(=O)C(C)(c1ccccc1)c1ccccc1. The first kappa shape index (κ1) is 22.3. The fourth-order valence-electron chi connectivity index (χ4n) is 4.30. The van der Waals surface area contributed by atoms with Crippen LogP contribution in [0.3, 0.4) is 0 Å². The molecule has 4 heteroatoms. The van der Waals surface area contributed by atoms with Crippen molar-refractivity contribution in [1.29, 1.82) is 0 Å². The maximum absolute atomic E-state index is 13.8. The predicted octanol–water partition coefficient (Wildman–Crippen LogP) is 5.05. The quantitative estimate of drug-likeness (QED) is 0.412. The number of ether oxygens (including phenoxy) is 1. The van der Waals surface area contributed by atoms with Crippen LogP contribution in [-0.4, -0.2) is 25.0 Å². The van der Waals surface area contributed by atoms with Crippen LogP contribution in [0.15, 0.2) is 103 Å². The first-order valence-corrected chi connectivity index (χ1v) is 11.0. The molecule has 33 heavy (non-hydrogen) atoms. The van der Waals surface area contributed by atoms with Gasteiger partial charge in [0.2, 0.25) is 5.91 Å². The smallest absolute Gasteiger partial charge is 0.328 e. The molecular weight excluding hydrogens is 410 g/mol. The van der Waals surface area contributed by atoms with Gasteiger partial charge in [-0.05, 0) is 34.4 Å². The van der Waals surface area contributed by atoms with E-state index in [0.717, 1.165) is 27.5 Å². The molecule has 4 aromatic carbocycles. The number of amides is 1. The summed E-state index contributed by atoms with van der Waals surface area (Å²) in [7, 11) is 1.35. The number of carbonyl (C=O) groups is 2. The Labute approximate surface area is 194 Å². The number of esters is 1. The topological polar surface area (TPSA) is 55.4 Å². The molecule has 4 rings (SSSR count).